The molecule has 164 valence electrons. The number of carbonyl (C=O) groups excluding carboxylic acids is 2. The predicted molar refractivity (Wildman–Crippen MR) is 125 cm³/mol. The van der Waals surface area contributed by atoms with Crippen LogP contribution in [0.15, 0.2) is 35.0 Å². The largest absolute Gasteiger partial charge is 0.356 e. The second kappa shape index (κ2) is 11.1. The Kier molecular flexibility index (Phi) is 8.48. The van der Waals surface area contributed by atoms with Crippen LogP contribution in [-0.2, 0) is 21.5 Å². The molecule has 1 aliphatic rings. The molecule has 0 spiro atoms. The molecule has 0 radical (unpaired) electrons. The van der Waals surface area contributed by atoms with Crippen LogP contribution in [0.5, 0.6) is 0 Å². The summed E-state index contributed by atoms with van der Waals surface area (Å²) in [6.07, 6.45) is 6.38. The number of rotatable bonds is 10. The standard InChI is InChI=1S/C23H33N3O2S2/c1-26(2)23(20-7-5-17-30-20)13-10-18(11-14-23)25-22(28)9-3-8-21(27)24-15-12-19-6-4-16-29-19/h4-7,16-18H,3,8-15H2,1-2H3,(H,24,27)(H,25,28). The highest BCUT2D eigenvalue weighted by Crippen LogP contribution is 2.42. The van der Waals surface area contributed by atoms with E-state index in [9.17, 15) is 9.59 Å². The van der Waals surface area contributed by atoms with Crippen molar-refractivity contribution < 1.29 is 9.59 Å². The van der Waals surface area contributed by atoms with Crippen molar-refractivity contribution in [2.75, 3.05) is 20.6 Å². The molecular weight excluding hydrogens is 414 g/mol. The lowest BCUT2D eigenvalue weighted by molar-refractivity contribution is -0.123. The maximum absolute atomic E-state index is 12.3. The lowest BCUT2D eigenvalue weighted by Gasteiger charge is -2.44. The second-order valence-electron chi connectivity index (χ2n) is 8.28. The van der Waals surface area contributed by atoms with Gasteiger partial charge in [-0.1, -0.05) is 12.1 Å². The van der Waals surface area contributed by atoms with E-state index >= 15 is 0 Å². The lowest BCUT2D eigenvalue weighted by atomic mass is 9.77. The molecule has 2 aromatic rings. The fourth-order valence-electron chi connectivity index (χ4n) is 4.27. The number of hydrogen-bond donors (Lipinski definition) is 2. The Labute approximate surface area is 187 Å². The van der Waals surface area contributed by atoms with Gasteiger partial charge in [-0.2, -0.15) is 0 Å². The normalized spacial score (nSPS) is 21.5. The van der Waals surface area contributed by atoms with Crippen LogP contribution in [-0.4, -0.2) is 43.4 Å². The molecule has 2 N–H and O–H groups in total. The van der Waals surface area contributed by atoms with Crippen LogP contribution in [0, 0.1) is 0 Å². The molecule has 1 aliphatic carbocycles. The minimum absolute atomic E-state index is 0.0312. The Morgan fingerprint density at radius 3 is 2.40 bits per heavy atom. The molecule has 2 amide bonds. The Hall–Kier alpha value is -1.70. The highest BCUT2D eigenvalue weighted by atomic mass is 32.1. The molecule has 1 fully saturated rings. The first-order valence-electron chi connectivity index (χ1n) is 10.8. The summed E-state index contributed by atoms with van der Waals surface area (Å²) in [5.74, 6) is 0.101. The van der Waals surface area contributed by atoms with Gasteiger partial charge in [-0.25, -0.2) is 0 Å². The van der Waals surface area contributed by atoms with Gasteiger partial charge in [-0.15, -0.1) is 22.7 Å². The maximum atomic E-state index is 12.3. The summed E-state index contributed by atoms with van der Waals surface area (Å²) in [5, 5.41) is 10.3. The number of thiophene rings is 2. The van der Waals surface area contributed by atoms with Crippen LogP contribution in [0.2, 0.25) is 0 Å². The molecular formula is C23H33N3O2S2. The Morgan fingerprint density at radius 1 is 1.07 bits per heavy atom. The number of hydrogen-bond acceptors (Lipinski definition) is 5. The topological polar surface area (TPSA) is 61.4 Å². The van der Waals surface area contributed by atoms with Crippen LogP contribution in [0.25, 0.3) is 0 Å². The minimum Gasteiger partial charge on any atom is -0.356 e. The molecule has 0 bridgehead atoms. The molecule has 3 rings (SSSR count). The van der Waals surface area contributed by atoms with E-state index in [0.717, 1.165) is 32.1 Å². The van der Waals surface area contributed by atoms with E-state index in [1.54, 1.807) is 11.3 Å². The van der Waals surface area contributed by atoms with Crippen LogP contribution < -0.4 is 10.6 Å². The zero-order valence-corrected chi connectivity index (χ0v) is 19.6. The van der Waals surface area contributed by atoms with Crippen LogP contribution >= 0.6 is 22.7 Å². The smallest absolute Gasteiger partial charge is 0.220 e. The number of amides is 2. The summed E-state index contributed by atoms with van der Waals surface area (Å²) < 4.78 is 0. The first-order chi connectivity index (χ1) is 14.5. The third-order valence-corrected chi connectivity index (χ3v) is 8.09. The monoisotopic (exact) mass is 447 g/mol. The summed E-state index contributed by atoms with van der Waals surface area (Å²) in [5.41, 5.74) is 0.0938. The number of carbonyl (C=O) groups is 2. The van der Waals surface area contributed by atoms with Gasteiger partial charge in [0.05, 0.1) is 5.54 Å². The molecule has 7 heteroatoms. The van der Waals surface area contributed by atoms with Gasteiger partial charge in [-0.05, 0) is 75.5 Å². The predicted octanol–water partition coefficient (Wildman–Crippen LogP) is 4.15. The summed E-state index contributed by atoms with van der Waals surface area (Å²) in [7, 11) is 4.31. The summed E-state index contributed by atoms with van der Waals surface area (Å²) >= 11 is 3.53. The highest BCUT2D eigenvalue weighted by molar-refractivity contribution is 7.10. The quantitative estimate of drug-likeness (QED) is 0.575. The molecule has 0 unspecified atom stereocenters. The Balaban J connectivity index is 1.32. The zero-order valence-electron chi connectivity index (χ0n) is 18.0. The highest BCUT2D eigenvalue weighted by Gasteiger charge is 2.39. The van der Waals surface area contributed by atoms with Crippen molar-refractivity contribution in [3.63, 3.8) is 0 Å². The number of nitrogens with zero attached hydrogens (tertiary/aromatic N) is 1. The van der Waals surface area contributed by atoms with E-state index in [0.29, 0.717) is 25.8 Å². The van der Waals surface area contributed by atoms with E-state index in [-0.39, 0.29) is 23.4 Å². The summed E-state index contributed by atoms with van der Waals surface area (Å²) in [6.45, 7) is 0.658. The first kappa shape index (κ1) is 23.0. The molecule has 1 saturated carbocycles. The molecule has 5 nitrogen and oxygen atoms in total. The molecule has 2 aromatic heterocycles. The van der Waals surface area contributed by atoms with Gasteiger partial charge in [0, 0.05) is 35.2 Å². The Morgan fingerprint density at radius 2 is 1.77 bits per heavy atom. The average molecular weight is 448 g/mol. The van der Waals surface area contributed by atoms with Gasteiger partial charge in [0.2, 0.25) is 11.8 Å². The summed E-state index contributed by atoms with van der Waals surface area (Å²) in [6, 6.07) is 8.70. The van der Waals surface area contributed by atoms with Crippen LogP contribution in [0.3, 0.4) is 0 Å². The third-order valence-electron chi connectivity index (χ3n) is 6.10. The molecule has 0 aromatic carbocycles. The molecule has 0 saturated heterocycles. The van der Waals surface area contributed by atoms with Crippen molar-refractivity contribution in [1.82, 2.24) is 15.5 Å². The second-order valence-corrected chi connectivity index (χ2v) is 10.3. The maximum Gasteiger partial charge on any atom is 0.220 e. The minimum atomic E-state index is 0.0312. The zero-order chi connectivity index (χ0) is 21.4. The third kappa shape index (κ3) is 6.15. The van der Waals surface area contributed by atoms with E-state index in [2.05, 4.69) is 53.2 Å². The first-order valence-corrected chi connectivity index (χ1v) is 12.6. The molecule has 0 atom stereocenters. The lowest BCUT2D eigenvalue weighted by Crippen LogP contribution is -2.48. The SMILES string of the molecule is CN(C)C1(c2cccs2)CCC(NC(=O)CCCC(=O)NCCc2cccs2)CC1. The molecule has 2 heterocycles. The fraction of sp³-hybridized carbons (Fsp3) is 0.565. The van der Waals surface area contributed by atoms with Crippen LogP contribution in [0.4, 0.5) is 0 Å². The van der Waals surface area contributed by atoms with E-state index in [1.165, 1.54) is 9.75 Å². The van der Waals surface area contributed by atoms with Gasteiger partial charge < -0.3 is 10.6 Å². The van der Waals surface area contributed by atoms with E-state index < -0.39 is 0 Å². The number of nitrogens with one attached hydrogen (secondary N) is 2. The molecule has 30 heavy (non-hydrogen) atoms. The molecule has 0 aliphatic heterocycles. The van der Waals surface area contributed by atoms with Crippen molar-refractivity contribution in [1.29, 1.82) is 0 Å². The van der Waals surface area contributed by atoms with E-state index in [4.69, 9.17) is 0 Å². The van der Waals surface area contributed by atoms with E-state index in [1.807, 2.05) is 22.8 Å². The van der Waals surface area contributed by atoms with Gasteiger partial charge in [0.1, 0.15) is 0 Å². The van der Waals surface area contributed by atoms with Crippen molar-refractivity contribution in [3.05, 3.63) is 44.8 Å². The Bertz CT molecular complexity index is 779. The fourth-order valence-corrected chi connectivity index (χ4v) is 6.05. The van der Waals surface area contributed by atoms with Gasteiger partial charge >= 0.3 is 0 Å². The van der Waals surface area contributed by atoms with Crippen LogP contribution in [0.1, 0.15) is 54.7 Å². The average Bonchev–Trinajstić information content (AvgIpc) is 3.43. The van der Waals surface area contributed by atoms with Crippen molar-refractivity contribution >= 4 is 34.5 Å². The van der Waals surface area contributed by atoms with Crippen molar-refractivity contribution in [2.24, 2.45) is 0 Å². The van der Waals surface area contributed by atoms with Gasteiger partial charge in [0.15, 0.2) is 0 Å². The van der Waals surface area contributed by atoms with Crippen molar-refractivity contribution in [2.45, 2.75) is 62.9 Å². The van der Waals surface area contributed by atoms with Gasteiger partial charge in [0.25, 0.3) is 0 Å². The van der Waals surface area contributed by atoms with Gasteiger partial charge in [-0.3, -0.25) is 14.5 Å². The van der Waals surface area contributed by atoms with Crippen molar-refractivity contribution in [3.8, 4) is 0 Å². The summed E-state index contributed by atoms with van der Waals surface area (Å²) in [4.78, 5) is 29.3.